The van der Waals surface area contributed by atoms with Gasteiger partial charge in [-0.15, -0.1) is 0 Å². The van der Waals surface area contributed by atoms with Crippen molar-refractivity contribution in [2.75, 3.05) is 6.54 Å². The summed E-state index contributed by atoms with van der Waals surface area (Å²) in [6.07, 6.45) is 0.854. The molecule has 1 aliphatic rings. The fourth-order valence-electron chi connectivity index (χ4n) is 2.99. The molecule has 2 atom stereocenters. The highest BCUT2D eigenvalue weighted by Gasteiger charge is 2.33. The predicted molar refractivity (Wildman–Crippen MR) is 82.1 cm³/mol. The van der Waals surface area contributed by atoms with Gasteiger partial charge in [0.2, 0.25) is 0 Å². The van der Waals surface area contributed by atoms with E-state index in [1.807, 2.05) is 6.92 Å². The van der Waals surface area contributed by atoms with E-state index in [0.29, 0.717) is 5.75 Å². The number of fused-ring (bicyclic) bond motifs is 1. The molecular formula is C18H20FNO. The summed E-state index contributed by atoms with van der Waals surface area (Å²) in [6, 6.07) is 13.3. The third-order valence-corrected chi connectivity index (χ3v) is 4.04. The van der Waals surface area contributed by atoms with Gasteiger partial charge in [0, 0.05) is 12.5 Å². The molecule has 3 heteroatoms. The van der Waals surface area contributed by atoms with E-state index in [1.165, 1.54) is 23.3 Å². The quantitative estimate of drug-likeness (QED) is 0.923. The smallest absolute Gasteiger partial charge is 0.126 e. The minimum Gasteiger partial charge on any atom is -0.488 e. The standard InChI is InChI=1S/C18H20FNO/c1-3-20-18-15-7-5-4-6-13(15)10-17(18)21-16-11-14(19)9-8-12(16)2/h4-9,11,17-18,20H,3,10H2,1-2H3. The molecule has 0 aliphatic heterocycles. The zero-order chi connectivity index (χ0) is 14.8. The fourth-order valence-corrected chi connectivity index (χ4v) is 2.99. The number of halogens is 1. The second kappa shape index (κ2) is 5.86. The maximum atomic E-state index is 13.4. The molecule has 3 rings (SSSR count). The summed E-state index contributed by atoms with van der Waals surface area (Å²) in [5, 5.41) is 3.49. The van der Waals surface area contributed by atoms with Crippen molar-refractivity contribution >= 4 is 0 Å². The van der Waals surface area contributed by atoms with Gasteiger partial charge in [0.05, 0.1) is 6.04 Å². The van der Waals surface area contributed by atoms with Gasteiger partial charge in [-0.05, 0) is 36.2 Å². The van der Waals surface area contributed by atoms with E-state index in [-0.39, 0.29) is 18.0 Å². The normalized spacial score (nSPS) is 20.3. The minimum absolute atomic E-state index is 0.00264. The summed E-state index contributed by atoms with van der Waals surface area (Å²) in [7, 11) is 0. The van der Waals surface area contributed by atoms with Gasteiger partial charge in [-0.1, -0.05) is 37.3 Å². The number of nitrogens with one attached hydrogen (secondary N) is 1. The number of ether oxygens (including phenoxy) is 1. The lowest BCUT2D eigenvalue weighted by molar-refractivity contribution is 0.166. The van der Waals surface area contributed by atoms with Crippen molar-refractivity contribution in [1.29, 1.82) is 0 Å². The van der Waals surface area contributed by atoms with Crippen molar-refractivity contribution in [2.45, 2.75) is 32.4 Å². The van der Waals surface area contributed by atoms with Crippen molar-refractivity contribution < 1.29 is 9.13 Å². The fraction of sp³-hybridized carbons (Fsp3) is 0.333. The molecule has 2 aromatic carbocycles. The number of likely N-dealkylation sites (N-methyl/N-ethyl adjacent to an activating group) is 1. The maximum absolute atomic E-state index is 13.4. The molecule has 0 spiro atoms. The van der Waals surface area contributed by atoms with E-state index in [0.717, 1.165) is 18.5 Å². The van der Waals surface area contributed by atoms with Crippen LogP contribution in [-0.2, 0) is 6.42 Å². The molecule has 0 amide bonds. The number of aryl methyl sites for hydroxylation is 1. The highest BCUT2D eigenvalue weighted by Crippen LogP contribution is 2.34. The van der Waals surface area contributed by atoms with Crippen LogP contribution in [0.2, 0.25) is 0 Å². The molecule has 0 bridgehead atoms. The SMILES string of the molecule is CCNC1c2ccccc2CC1Oc1cc(F)ccc1C. The van der Waals surface area contributed by atoms with Crippen molar-refractivity contribution in [1.82, 2.24) is 5.32 Å². The number of hydrogen-bond acceptors (Lipinski definition) is 2. The van der Waals surface area contributed by atoms with Gasteiger partial charge in [0.15, 0.2) is 0 Å². The molecule has 0 saturated carbocycles. The third kappa shape index (κ3) is 2.79. The van der Waals surface area contributed by atoms with E-state index in [1.54, 1.807) is 6.07 Å². The monoisotopic (exact) mass is 285 g/mol. The van der Waals surface area contributed by atoms with Crippen molar-refractivity contribution in [3.63, 3.8) is 0 Å². The largest absolute Gasteiger partial charge is 0.488 e. The molecular weight excluding hydrogens is 265 g/mol. The Kier molecular flexibility index (Phi) is 3.93. The maximum Gasteiger partial charge on any atom is 0.126 e. The molecule has 1 aliphatic carbocycles. The van der Waals surface area contributed by atoms with Crippen LogP contribution in [0.25, 0.3) is 0 Å². The van der Waals surface area contributed by atoms with Crippen molar-refractivity contribution in [2.24, 2.45) is 0 Å². The van der Waals surface area contributed by atoms with Crippen molar-refractivity contribution in [3.8, 4) is 5.75 Å². The Hall–Kier alpha value is -1.87. The molecule has 0 radical (unpaired) electrons. The van der Waals surface area contributed by atoms with Gasteiger partial charge >= 0.3 is 0 Å². The summed E-state index contributed by atoms with van der Waals surface area (Å²) in [5.74, 6) is 0.377. The molecule has 21 heavy (non-hydrogen) atoms. The average molecular weight is 285 g/mol. The lowest BCUT2D eigenvalue weighted by Gasteiger charge is -2.23. The van der Waals surface area contributed by atoms with E-state index >= 15 is 0 Å². The average Bonchev–Trinajstić information content (AvgIpc) is 2.81. The van der Waals surface area contributed by atoms with E-state index in [2.05, 4.69) is 36.5 Å². The molecule has 110 valence electrons. The predicted octanol–water partition coefficient (Wildman–Crippen LogP) is 3.79. The van der Waals surface area contributed by atoms with Crippen molar-refractivity contribution in [3.05, 3.63) is 65.0 Å². The lowest BCUT2D eigenvalue weighted by Crippen LogP contribution is -2.33. The lowest BCUT2D eigenvalue weighted by atomic mass is 10.1. The third-order valence-electron chi connectivity index (χ3n) is 4.04. The molecule has 0 heterocycles. The van der Waals surface area contributed by atoms with E-state index < -0.39 is 0 Å². The van der Waals surface area contributed by atoms with Gasteiger partial charge in [0.1, 0.15) is 17.7 Å². The van der Waals surface area contributed by atoms with Gasteiger partial charge in [0.25, 0.3) is 0 Å². The molecule has 0 fully saturated rings. The van der Waals surface area contributed by atoms with Gasteiger partial charge in [-0.3, -0.25) is 0 Å². The highest BCUT2D eigenvalue weighted by atomic mass is 19.1. The minimum atomic E-state index is -0.258. The molecule has 2 nitrogen and oxygen atoms in total. The van der Waals surface area contributed by atoms with Gasteiger partial charge < -0.3 is 10.1 Å². The van der Waals surface area contributed by atoms with Crippen LogP contribution in [0.5, 0.6) is 5.75 Å². The van der Waals surface area contributed by atoms with Gasteiger partial charge in [-0.2, -0.15) is 0 Å². The molecule has 1 N–H and O–H groups in total. The molecule has 0 saturated heterocycles. The van der Waals surface area contributed by atoms with Crippen LogP contribution in [0.3, 0.4) is 0 Å². The second-order valence-electron chi connectivity index (χ2n) is 5.50. The topological polar surface area (TPSA) is 21.3 Å². The van der Waals surface area contributed by atoms with Crippen LogP contribution >= 0.6 is 0 Å². The Morgan fingerprint density at radius 3 is 2.86 bits per heavy atom. The van der Waals surface area contributed by atoms with Crippen LogP contribution in [0.4, 0.5) is 4.39 Å². The molecule has 0 aromatic heterocycles. The van der Waals surface area contributed by atoms with E-state index in [4.69, 9.17) is 4.74 Å². The Balaban J connectivity index is 1.87. The van der Waals surface area contributed by atoms with Crippen LogP contribution in [0.1, 0.15) is 29.7 Å². The number of benzene rings is 2. The first-order chi connectivity index (χ1) is 10.2. The molecule has 2 unspecified atom stereocenters. The first-order valence-corrected chi connectivity index (χ1v) is 7.43. The van der Waals surface area contributed by atoms with E-state index in [9.17, 15) is 4.39 Å². The summed E-state index contributed by atoms with van der Waals surface area (Å²) >= 11 is 0. The van der Waals surface area contributed by atoms with Gasteiger partial charge in [-0.25, -0.2) is 4.39 Å². The van der Waals surface area contributed by atoms with Crippen LogP contribution in [-0.4, -0.2) is 12.6 Å². The highest BCUT2D eigenvalue weighted by molar-refractivity contribution is 5.39. The zero-order valence-corrected chi connectivity index (χ0v) is 12.4. The Morgan fingerprint density at radius 1 is 1.24 bits per heavy atom. The van der Waals surface area contributed by atoms with Crippen LogP contribution in [0.15, 0.2) is 42.5 Å². The summed E-state index contributed by atoms with van der Waals surface area (Å²) in [5.41, 5.74) is 3.56. The Bertz CT molecular complexity index is 641. The second-order valence-corrected chi connectivity index (χ2v) is 5.50. The first kappa shape index (κ1) is 14.1. The Labute approximate surface area is 125 Å². The zero-order valence-electron chi connectivity index (χ0n) is 12.4. The number of rotatable bonds is 4. The number of hydrogen-bond donors (Lipinski definition) is 1. The van der Waals surface area contributed by atoms with Crippen LogP contribution < -0.4 is 10.1 Å². The summed E-state index contributed by atoms with van der Waals surface area (Å²) in [6.45, 7) is 4.91. The molecule has 2 aromatic rings. The summed E-state index contributed by atoms with van der Waals surface area (Å²) < 4.78 is 19.6. The van der Waals surface area contributed by atoms with Crippen LogP contribution in [0, 0.1) is 12.7 Å². The Morgan fingerprint density at radius 2 is 2.05 bits per heavy atom. The summed E-state index contributed by atoms with van der Waals surface area (Å²) in [4.78, 5) is 0. The first-order valence-electron chi connectivity index (χ1n) is 7.43.